The number of rotatable bonds is 1. The summed E-state index contributed by atoms with van der Waals surface area (Å²) in [4.78, 5) is 12.5. The van der Waals surface area contributed by atoms with E-state index in [9.17, 15) is 5.26 Å². The third-order valence-electron chi connectivity index (χ3n) is 2.76. The third-order valence-corrected chi connectivity index (χ3v) is 3.20. The smallest absolute Gasteiger partial charge is 0.177 e. The van der Waals surface area contributed by atoms with Crippen molar-refractivity contribution >= 4 is 27.0 Å². The summed E-state index contributed by atoms with van der Waals surface area (Å²) in [7, 11) is 0. The molecule has 20 heavy (non-hydrogen) atoms. The van der Waals surface area contributed by atoms with Crippen LogP contribution in [-0.4, -0.2) is 19.5 Å². The summed E-state index contributed by atoms with van der Waals surface area (Å²) in [5, 5.41) is 18.1. The maximum absolute atomic E-state index is 9.19. The van der Waals surface area contributed by atoms with Gasteiger partial charge in [-0.3, -0.25) is 14.5 Å². The van der Waals surface area contributed by atoms with Gasteiger partial charge in [0.1, 0.15) is 24.0 Å². The van der Waals surface area contributed by atoms with Gasteiger partial charge in [0.2, 0.25) is 0 Å². The highest BCUT2D eigenvalue weighted by atomic mass is 79.9. The SMILES string of the molecule is N#Cc1ncn(-c2ccnc3cc(Br)cnc23)c1C#N. The van der Waals surface area contributed by atoms with Crippen LogP contribution in [0.3, 0.4) is 0 Å². The van der Waals surface area contributed by atoms with Crippen LogP contribution in [0.1, 0.15) is 11.4 Å². The Kier molecular flexibility index (Phi) is 2.90. The molecule has 0 saturated heterocycles. The molecule has 0 atom stereocenters. The second kappa shape index (κ2) is 4.72. The van der Waals surface area contributed by atoms with Crippen LogP contribution in [0, 0.1) is 22.7 Å². The minimum atomic E-state index is 0.0922. The summed E-state index contributed by atoms with van der Waals surface area (Å²) in [6.07, 6.45) is 4.72. The Hall–Kier alpha value is -2.77. The topological polar surface area (TPSA) is 91.2 Å². The molecular weight excluding hydrogens is 320 g/mol. The van der Waals surface area contributed by atoms with Gasteiger partial charge in [0.05, 0.1) is 11.2 Å². The fourth-order valence-electron chi connectivity index (χ4n) is 1.91. The highest BCUT2D eigenvalue weighted by Gasteiger charge is 2.14. The van der Waals surface area contributed by atoms with E-state index in [0.717, 1.165) is 4.47 Å². The lowest BCUT2D eigenvalue weighted by Gasteiger charge is -2.06. The predicted octanol–water partition coefficient (Wildman–Crippen LogP) is 2.32. The molecule has 0 aliphatic carbocycles. The van der Waals surface area contributed by atoms with Crippen molar-refractivity contribution in [2.24, 2.45) is 0 Å². The first-order chi connectivity index (χ1) is 9.74. The molecule has 3 rings (SSSR count). The number of hydrogen-bond acceptors (Lipinski definition) is 5. The number of halogens is 1. The van der Waals surface area contributed by atoms with Crippen LogP contribution in [-0.2, 0) is 0 Å². The minimum absolute atomic E-state index is 0.0922. The van der Waals surface area contributed by atoms with Gasteiger partial charge in [-0.15, -0.1) is 0 Å². The van der Waals surface area contributed by atoms with E-state index in [-0.39, 0.29) is 11.4 Å². The molecule has 0 aromatic carbocycles. The maximum Gasteiger partial charge on any atom is 0.177 e. The van der Waals surface area contributed by atoms with Gasteiger partial charge in [-0.05, 0) is 28.1 Å². The van der Waals surface area contributed by atoms with Crippen LogP contribution in [0.15, 0.2) is 35.3 Å². The van der Waals surface area contributed by atoms with Crippen LogP contribution in [0.5, 0.6) is 0 Å². The summed E-state index contributed by atoms with van der Waals surface area (Å²) in [5.41, 5.74) is 2.26. The van der Waals surface area contributed by atoms with E-state index in [2.05, 4.69) is 30.9 Å². The fraction of sp³-hybridized carbons (Fsp3) is 0. The predicted molar refractivity (Wildman–Crippen MR) is 73.8 cm³/mol. The number of imidazole rings is 1. The van der Waals surface area contributed by atoms with Crippen molar-refractivity contribution in [3.05, 3.63) is 46.7 Å². The average molecular weight is 325 g/mol. The van der Waals surface area contributed by atoms with E-state index in [1.54, 1.807) is 23.0 Å². The lowest BCUT2D eigenvalue weighted by atomic mass is 10.2. The van der Waals surface area contributed by atoms with Gasteiger partial charge in [-0.2, -0.15) is 10.5 Å². The number of hydrogen-bond donors (Lipinski definition) is 0. The standard InChI is InChI=1S/C13H5BrN6/c14-8-3-9-13(18-6-8)11(1-2-17-9)20-7-19-10(4-15)12(20)5-16/h1-3,6-7H. The van der Waals surface area contributed by atoms with Crippen LogP contribution in [0.2, 0.25) is 0 Å². The third kappa shape index (κ3) is 1.81. The molecule has 3 aromatic heterocycles. The lowest BCUT2D eigenvalue weighted by molar-refractivity contribution is 1.03. The Morgan fingerprint density at radius 3 is 2.75 bits per heavy atom. The monoisotopic (exact) mass is 324 g/mol. The van der Waals surface area contributed by atoms with E-state index in [4.69, 9.17) is 5.26 Å². The summed E-state index contributed by atoms with van der Waals surface area (Å²) in [6.45, 7) is 0. The summed E-state index contributed by atoms with van der Waals surface area (Å²) in [6, 6.07) is 7.45. The number of fused-ring (bicyclic) bond motifs is 1. The number of pyridine rings is 2. The highest BCUT2D eigenvalue weighted by Crippen LogP contribution is 2.23. The molecular formula is C13H5BrN6. The second-order valence-corrected chi connectivity index (χ2v) is 4.80. The lowest BCUT2D eigenvalue weighted by Crippen LogP contribution is -1.99. The largest absolute Gasteiger partial charge is 0.287 e. The van der Waals surface area contributed by atoms with Gasteiger partial charge < -0.3 is 0 Å². The Labute approximate surface area is 122 Å². The van der Waals surface area contributed by atoms with Crippen molar-refractivity contribution in [2.45, 2.75) is 0 Å². The van der Waals surface area contributed by atoms with Crippen LogP contribution in [0.4, 0.5) is 0 Å². The average Bonchev–Trinajstić information content (AvgIpc) is 2.88. The zero-order chi connectivity index (χ0) is 14.1. The molecule has 6 nitrogen and oxygen atoms in total. The van der Waals surface area contributed by atoms with Crippen LogP contribution < -0.4 is 0 Å². The second-order valence-electron chi connectivity index (χ2n) is 3.89. The van der Waals surface area contributed by atoms with Gasteiger partial charge in [0.25, 0.3) is 0 Å². The Bertz CT molecular complexity index is 899. The summed E-state index contributed by atoms with van der Waals surface area (Å²) >= 11 is 3.34. The number of nitrogens with zero attached hydrogens (tertiary/aromatic N) is 6. The number of nitriles is 2. The molecule has 3 heterocycles. The molecule has 0 fully saturated rings. The van der Waals surface area contributed by atoms with E-state index in [1.807, 2.05) is 18.2 Å². The van der Waals surface area contributed by atoms with Gasteiger partial charge in [0.15, 0.2) is 11.4 Å². The van der Waals surface area contributed by atoms with Crippen molar-refractivity contribution in [2.75, 3.05) is 0 Å². The normalized spacial score (nSPS) is 10.2. The molecule has 94 valence electrons. The Morgan fingerprint density at radius 2 is 2.00 bits per heavy atom. The zero-order valence-corrected chi connectivity index (χ0v) is 11.5. The van der Waals surface area contributed by atoms with Crippen molar-refractivity contribution in [1.82, 2.24) is 19.5 Å². The van der Waals surface area contributed by atoms with E-state index in [0.29, 0.717) is 16.7 Å². The molecule has 0 radical (unpaired) electrons. The minimum Gasteiger partial charge on any atom is -0.287 e. The van der Waals surface area contributed by atoms with E-state index in [1.165, 1.54) is 6.33 Å². The van der Waals surface area contributed by atoms with E-state index < -0.39 is 0 Å². The molecule has 0 bridgehead atoms. The molecule has 0 spiro atoms. The van der Waals surface area contributed by atoms with Crippen LogP contribution in [0.25, 0.3) is 16.7 Å². The first-order valence-corrected chi connectivity index (χ1v) is 6.32. The number of aromatic nitrogens is 4. The molecule has 7 heteroatoms. The molecule has 3 aromatic rings. The molecule has 0 N–H and O–H groups in total. The zero-order valence-electron chi connectivity index (χ0n) is 9.95. The summed E-state index contributed by atoms with van der Waals surface area (Å²) < 4.78 is 2.36. The van der Waals surface area contributed by atoms with Crippen molar-refractivity contribution in [3.8, 4) is 17.8 Å². The molecule has 0 aliphatic rings. The van der Waals surface area contributed by atoms with Gasteiger partial charge >= 0.3 is 0 Å². The summed E-state index contributed by atoms with van der Waals surface area (Å²) in [5.74, 6) is 0. The Balaban J connectivity index is 2.34. The van der Waals surface area contributed by atoms with E-state index >= 15 is 0 Å². The quantitative estimate of drug-likeness (QED) is 0.685. The highest BCUT2D eigenvalue weighted by molar-refractivity contribution is 9.10. The first-order valence-electron chi connectivity index (χ1n) is 5.53. The van der Waals surface area contributed by atoms with Gasteiger partial charge in [0, 0.05) is 16.9 Å². The Morgan fingerprint density at radius 1 is 1.15 bits per heavy atom. The fourth-order valence-corrected chi connectivity index (χ4v) is 2.22. The molecule has 0 aliphatic heterocycles. The molecule has 0 unspecified atom stereocenters. The maximum atomic E-state index is 9.19. The van der Waals surface area contributed by atoms with Crippen molar-refractivity contribution < 1.29 is 0 Å². The van der Waals surface area contributed by atoms with Crippen molar-refractivity contribution in [1.29, 1.82) is 10.5 Å². The van der Waals surface area contributed by atoms with Gasteiger partial charge in [-0.1, -0.05) is 0 Å². The van der Waals surface area contributed by atoms with Crippen molar-refractivity contribution in [3.63, 3.8) is 0 Å². The van der Waals surface area contributed by atoms with Crippen LogP contribution >= 0.6 is 15.9 Å². The first kappa shape index (κ1) is 12.3. The molecule has 0 amide bonds. The van der Waals surface area contributed by atoms with Gasteiger partial charge in [-0.25, -0.2) is 4.98 Å². The molecule has 0 saturated carbocycles.